The number of anilines is 1. The van der Waals surface area contributed by atoms with E-state index in [2.05, 4.69) is 5.32 Å². The van der Waals surface area contributed by atoms with Crippen LogP contribution in [0, 0.1) is 6.92 Å². The predicted octanol–water partition coefficient (Wildman–Crippen LogP) is 1.16. The van der Waals surface area contributed by atoms with Crippen molar-refractivity contribution in [3.05, 3.63) is 53.6 Å². The Bertz CT molecular complexity index is 1030. The van der Waals surface area contributed by atoms with Crippen molar-refractivity contribution in [2.75, 3.05) is 19.0 Å². The van der Waals surface area contributed by atoms with E-state index in [0.29, 0.717) is 17.0 Å². The Labute approximate surface area is 167 Å². The van der Waals surface area contributed by atoms with E-state index < -0.39 is 34.5 Å². The van der Waals surface area contributed by atoms with Crippen LogP contribution in [0.5, 0.6) is 5.75 Å². The summed E-state index contributed by atoms with van der Waals surface area (Å²) < 4.78 is 32.6. The maximum absolute atomic E-state index is 12.1. The molecule has 2 aromatic carbocycles. The van der Waals surface area contributed by atoms with Gasteiger partial charge in [0.15, 0.2) is 6.61 Å². The van der Waals surface area contributed by atoms with Gasteiger partial charge in [0.2, 0.25) is 10.0 Å². The van der Waals surface area contributed by atoms with E-state index in [1.165, 1.54) is 19.2 Å². The first-order chi connectivity index (χ1) is 13.6. The molecule has 0 fully saturated rings. The minimum atomic E-state index is -4.00. The van der Waals surface area contributed by atoms with Crippen LogP contribution in [0.3, 0.4) is 0 Å². The van der Waals surface area contributed by atoms with Crippen LogP contribution in [0.2, 0.25) is 0 Å². The number of nitrogens with two attached hydrogens (primary N) is 1. The van der Waals surface area contributed by atoms with Gasteiger partial charge in [-0.25, -0.2) is 23.1 Å². The van der Waals surface area contributed by atoms with Gasteiger partial charge in [-0.15, -0.1) is 0 Å². The predicted molar refractivity (Wildman–Crippen MR) is 103 cm³/mol. The molecule has 0 aromatic heterocycles. The van der Waals surface area contributed by atoms with Gasteiger partial charge in [-0.1, -0.05) is 6.07 Å². The standard InChI is InChI=1S/C18H19N3O7S/c1-11-3-8-14(29(19,25)26)9-15(11)17(23)28-10-16(22)21-18(24)20-12-4-6-13(27-2)7-5-12/h3-9H,10H2,1-2H3,(H2,19,25,26)(H2,20,21,22,24). The van der Waals surface area contributed by atoms with E-state index >= 15 is 0 Å². The lowest BCUT2D eigenvalue weighted by Crippen LogP contribution is -2.37. The van der Waals surface area contributed by atoms with E-state index in [4.69, 9.17) is 14.6 Å². The van der Waals surface area contributed by atoms with Gasteiger partial charge in [-0.3, -0.25) is 10.1 Å². The van der Waals surface area contributed by atoms with Crippen molar-refractivity contribution in [3.63, 3.8) is 0 Å². The van der Waals surface area contributed by atoms with Crippen LogP contribution in [0.4, 0.5) is 10.5 Å². The van der Waals surface area contributed by atoms with Crippen molar-refractivity contribution < 1.29 is 32.3 Å². The number of nitrogens with one attached hydrogen (secondary N) is 2. The summed E-state index contributed by atoms with van der Waals surface area (Å²) in [6, 6.07) is 9.27. The number of methoxy groups -OCH3 is 1. The molecular formula is C18H19N3O7S. The molecule has 0 bridgehead atoms. The third-order valence-corrected chi connectivity index (χ3v) is 4.60. The largest absolute Gasteiger partial charge is 0.497 e. The molecule has 0 aliphatic heterocycles. The van der Waals surface area contributed by atoms with Crippen LogP contribution in [0.25, 0.3) is 0 Å². The minimum absolute atomic E-state index is 0.0630. The molecular weight excluding hydrogens is 402 g/mol. The fourth-order valence-corrected chi connectivity index (χ4v) is 2.75. The summed E-state index contributed by atoms with van der Waals surface area (Å²) in [6.07, 6.45) is 0. The van der Waals surface area contributed by atoms with Crippen LogP contribution >= 0.6 is 0 Å². The first kappa shape index (κ1) is 21.9. The number of hydrogen-bond donors (Lipinski definition) is 3. The second-order valence-corrected chi connectivity index (χ2v) is 7.39. The molecule has 11 heteroatoms. The average Bonchev–Trinajstić information content (AvgIpc) is 2.66. The Morgan fingerprint density at radius 1 is 1.07 bits per heavy atom. The molecule has 0 radical (unpaired) electrons. The van der Waals surface area contributed by atoms with Crippen molar-refractivity contribution in [1.29, 1.82) is 0 Å². The summed E-state index contributed by atoms with van der Waals surface area (Å²) in [5.41, 5.74) is 0.788. The number of urea groups is 1. The number of amides is 3. The number of carbonyl (C=O) groups is 3. The number of esters is 1. The highest BCUT2D eigenvalue weighted by atomic mass is 32.2. The Hall–Kier alpha value is -3.44. The smallest absolute Gasteiger partial charge is 0.338 e. The van der Waals surface area contributed by atoms with Crippen molar-refractivity contribution in [2.45, 2.75) is 11.8 Å². The highest BCUT2D eigenvalue weighted by Gasteiger charge is 2.17. The zero-order valence-corrected chi connectivity index (χ0v) is 16.4. The maximum atomic E-state index is 12.1. The third kappa shape index (κ3) is 6.30. The van der Waals surface area contributed by atoms with Gasteiger partial charge >= 0.3 is 12.0 Å². The van der Waals surface area contributed by atoms with E-state index in [0.717, 1.165) is 6.07 Å². The van der Waals surface area contributed by atoms with E-state index in [9.17, 15) is 22.8 Å². The molecule has 10 nitrogen and oxygen atoms in total. The summed E-state index contributed by atoms with van der Waals surface area (Å²) in [5.74, 6) is -1.20. The highest BCUT2D eigenvalue weighted by molar-refractivity contribution is 7.89. The van der Waals surface area contributed by atoms with Gasteiger partial charge < -0.3 is 14.8 Å². The maximum Gasteiger partial charge on any atom is 0.338 e. The molecule has 0 spiro atoms. The van der Waals surface area contributed by atoms with Crippen LogP contribution in [-0.2, 0) is 19.6 Å². The molecule has 0 saturated carbocycles. The van der Waals surface area contributed by atoms with Crippen molar-refractivity contribution in [1.82, 2.24) is 5.32 Å². The summed E-state index contributed by atoms with van der Waals surface area (Å²) in [4.78, 5) is 35.5. The Morgan fingerprint density at radius 2 is 1.72 bits per heavy atom. The fraction of sp³-hybridized carbons (Fsp3) is 0.167. The van der Waals surface area contributed by atoms with Crippen molar-refractivity contribution >= 4 is 33.6 Å². The zero-order valence-electron chi connectivity index (χ0n) is 15.6. The Kier molecular flexibility index (Phi) is 6.91. The Morgan fingerprint density at radius 3 is 2.31 bits per heavy atom. The molecule has 3 amide bonds. The molecule has 0 aliphatic carbocycles. The quantitative estimate of drug-likeness (QED) is 0.591. The van der Waals surface area contributed by atoms with E-state index in [1.807, 2.05) is 5.32 Å². The number of imide groups is 1. The number of hydrogen-bond acceptors (Lipinski definition) is 7. The first-order valence-corrected chi connectivity index (χ1v) is 9.70. The summed E-state index contributed by atoms with van der Waals surface area (Å²) in [5, 5.41) is 9.47. The Balaban J connectivity index is 1.91. The molecule has 0 saturated heterocycles. The van der Waals surface area contributed by atoms with Crippen molar-refractivity contribution in [2.24, 2.45) is 5.14 Å². The van der Waals surface area contributed by atoms with E-state index in [1.54, 1.807) is 31.2 Å². The van der Waals surface area contributed by atoms with Gasteiger partial charge in [0.05, 0.1) is 17.6 Å². The van der Waals surface area contributed by atoms with E-state index in [-0.39, 0.29) is 10.5 Å². The molecule has 2 rings (SSSR count). The summed E-state index contributed by atoms with van der Waals surface area (Å²) in [7, 11) is -2.50. The number of rotatable bonds is 6. The molecule has 154 valence electrons. The molecule has 29 heavy (non-hydrogen) atoms. The number of aryl methyl sites for hydroxylation is 1. The summed E-state index contributed by atoms with van der Waals surface area (Å²) >= 11 is 0. The van der Waals surface area contributed by atoms with Crippen LogP contribution in [-0.4, -0.2) is 40.0 Å². The third-order valence-electron chi connectivity index (χ3n) is 3.69. The molecule has 2 aromatic rings. The number of carbonyl (C=O) groups excluding carboxylic acids is 3. The number of primary sulfonamides is 1. The topological polar surface area (TPSA) is 154 Å². The first-order valence-electron chi connectivity index (χ1n) is 8.15. The second-order valence-electron chi connectivity index (χ2n) is 5.83. The lowest BCUT2D eigenvalue weighted by Gasteiger charge is -2.10. The fourth-order valence-electron chi connectivity index (χ4n) is 2.21. The normalized spacial score (nSPS) is 10.7. The number of sulfonamides is 1. The molecule has 0 aliphatic rings. The number of benzene rings is 2. The van der Waals surface area contributed by atoms with Crippen LogP contribution < -0.4 is 20.5 Å². The average molecular weight is 421 g/mol. The lowest BCUT2D eigenvalue weighted by atomic mass is 10.1. The SMILES string of the molecule is COc1ccc(NC(=O)NC(=O)COC(=O)c2cc(S(N)(=O)=O)ccc2C)cc1. The second kappa shape index (κ2) is 9.17. The summed E-state index contributed by atoms with van der Waals surface area (Å²) in [6.45, 7) is 0.819. The highest BCUT2D eigenvalue weighted by Crippen LogP contribution is 2.16. The van der Waals surface area contributed by atoms with Gasteiger partial charge in [0, 0.05) is 5.69 Å². The molecule has 4 N–H and O–H groups in total. The van der Waals surface area contributed by atoms with Gasteiger partial charge in [0.1, 0.15) is 5.75 Å². The lowest BCUT2D eigenvalue weighted by molar-refractivity contribution is -0.123. The number of ether oxygens (including phenoxy) is 2. The van der Waals surface area contributed by atoms with Gasteiger partial charge in [-0.2, -0.15) is 0 Å². The van der Waals surface area contributed by atoms with Crippen LogP contribution in [0.1, 0.15) is 15.9 Å². The molecule has 0 unspecified atom stereocenters. The van der Waals surface area contributed by atoms with Gasteiger partial charge in [0.25, 0.3) is 5.91 Å². The minimum Gasteiger partial charge on any atom is -0.497 e. The molecule has 0 atom stereocenters. The zero-order chi connectivity index (χ0) is 21.6. The van der Waals surface area contributed by atoms with Crippen LogP contribution in [0.15, 0.2) is 47.4 Å². The van der Waals surface area contributed by atoms with Crippen molar-refractivity contribution in [3.8, 4) is 5.75 Å². The molecule has 0 heterocycles. The monoisotopic (exact) mass is 421 g/mol. The van der Waals surface area contributed by atoms with Gasteiger partial charge in [-0.05, 0) is 48.9 Å².